The molecular formula is C16H22N4O4. The molecule has 2 aromatic rings. The van der Waals surface area contributed by atoms with E-state index in [0.29, 0.717) is 6.54 Å². The summed E-state index contributed by atoms with van der Waals surface area (Å²) in [6.45, 7) is 1.62. The van der Waals surface area contributed by atoms with Crippen molar-refractivity contribution in [3.05, 3.63) is 46.7 Å². The lowest BCUT2D eigenvalue weighted by atomic mass is 10.1. The highest BCUT2D eigenvalue weighted by atomic mass is 16.6. The Labute approximate surface area is 139 Å². The average molecular weight is 334 g/mol. The largest absolute Gasteiger partial charge is 0.468 e. The Morgan fingerprint density at radius 1 is 1.42 bits per heavy atom. The predicted molar refractivity (Wildman–Crippen MR) is 86.4 cm³/mol. The quantitative estimate of drug-likeness (QED) is 0.643. The van der Waals surface area contributed by atoms with Gasteiger partial charge in [-0.15, -0.1) is 0 Å². The van der Waals surface area contributed by atoms with E-state index < -0.39 is 11.0 Å². The van der Waals surface area contributed by atoms with E-state index >= 15 is 0 Å². The lowest BCUT2D eigenvalue weighted by Gasteiger charge is -2.30. The van der Waals surface area contributed by atoms with Gasteiger partial charge in [0, 0.05) is 6.54 Å². The summed E-state index contributed by atoms with van der Waals surface area (Å²) in [5, 5.41) is 25.0. The van der Waals surface area contributed by atoms with E-state index in [1.54, 1.807) is 6.26 Å². The molecule has 2 atom stereocenters. The minimum absolute atomic E-state index is 0.0644. The molecule has 1 fully saturated rings. The van der Waals surface area contributed by atoms with Crippen molar-refractivity contribution in [2.24, 2.45) is 0 Å². The highest BCUT2D eigenvalue weighted by Crippen LogP contribution is 2.30. The summed E-state index contributed by atoms with van der Waals surface area (Å²) >= 11 is 0. The molecule has 0 spiro atoms. The van der Waals surface area contributed by atoms with Crippen LogP contribution in [0.2, 0.25) is 0 Å². The zero-order chi connectivity index (χ0) is 16.9. The minimum Gasteiger partial charge on any atom is -0.468 e. The highest BCUT2D eigenvalue weighted by molar-refractivity contribution is 5.20. The van der Waals surface area contributed by atoms with Gasteiger partial charge in [-0.05, 0) is 31.5 Å². The monoisotopic (exact) mass is 334 g/mol. The van der Waals surface area contributed by atoms with Crippen LogP contribution in [0.4, 0.5) is 5.69 Å². The molecule has 2 unspecified atom stereocenters. The van der Waals surface area contributed by atoms with Gasteiger partial charge in [-0.1, -0.05) is 12.8 Å². The molecule has 0 saturated carbocycles. The molecule has 1 aliphatic rings. The molecule has 0 aliphatic carbocycles. The van der Waals surface area contributed by atoms with Crippen LogP contribution < -0.4 is 0 Å². The number of hydrogen-bond donors (Lipinski definition) is 1. The predicted octanol–water partition coefficient (Wildman–Crippen LogP) is 2.36. The molecule has 0 radical (unpaired) electrons. The standard InChI is InChI=1S/C16H22N4O4/c21-14(12-19-10-13(9-17-19)20(22)23)11-18-7-3-1-2-5-15(18)16-6-4-8-24-16/h4,6,8-10,14-15,21H,1-3,5,7,11-12H2. The van der Waals surface area contributed by atoms with E-state index in [2.05, 4.69) is 10.00 Å². The number of nitrogens with zero attached hydrogens (tertiary/aromatic N) is 4. The van der Waals surface area contributed by atoms with Gasteiger partial charge in [-0.25, -0.2) is 0 Å². The normalized spacial score (nSPS) is 20.6. The fourth-order valence-corrected chi connectivity index (χ4v) is 3.28. The maximum atomic E-state index is 10.7. The number of rotatable bonds is 6. The van der Waals surface area contributed by atoms with Gasteiger partial charge in [0.15, 0.2) is 0 Å². The molecule has 0 bridgehead atoms. The van der Waals surface area contributed by atoms with E-state index in [4.69, 9.17) is 4.42 Å². The molecule has 0 aromatic carbocycles. The van der Waals surface area contributed by atoms with E-state index in [1.807, 2.05) is 12.1 Å². The zero-order valence-electron chi connectivity index (χ0n) is 13.5. The van der Waals surface area contributed by atoms with Crippen LogP contribution in [0.1, 0.15) is 37.5 Å². The van der Waals surface area contributed by atoms with Gasteiger partial charge in [0.05, 0.1) is 29.9 Å². The number of nitro groups is 1. The summed E-state index contributed by atoms with van der Waals surface area (Å²) < 4.78 is 6.99. The molecule has 1 saturated heterocycles. The summed E-state index contributed by atoms with van der Waals surface area (Å²) in [6.07, 6.45) is 7.99. The molecule has 8 heteroatoms. The lowest BCUT2D eigenvalue weighted by Crippen LogP contribution is -2.37. The molecule has 24 heavy (non-hydrogen) atoms. The number of hydrogen-bond acceptors (Lipinski definition) is 6. The van der Waals surface area contributed by atoms with Gasteiger partial charge in [0.1, 0.15) is 18.2 Å². The summed E-state index contributed by atoms with van der Waals surface area (Å²) in [4.78, 5) is 12.5. The maximum Gasteiger partial charge on any atom is 0.306 e. The first-order valence-electron chi connectivity index (χ1n) is 8.26. The summed E-state index contributed by atoms with van der Waals surface area (Å²) in [5.74, 6) is 0.929. The van der Waals surface area contributed by atoms with Crippen LogP contribution in [0.3, 0.4) is 0 Å². The third-order valence-electron chi connectivity index (χ3n) is 4.41. The van der Waals surface area contributed by atoms with E-state index in [9.17, 15) is 15.2 Å². The van der Waals surface area contributed by atoms with Crippen LogP contribution >= 0.6 is 0 Å². The van der Waals surface area contributed by atoms with Crippen LogP contribution in [0.25, 0.3) is 0 Å². The average Bonchev–Trinajstić information content (AvgIpc) is 3.17. The Balaban J connectivity index is 1.64. The van der Waals surface area contributed by atoms with Crippen molar-refractivity contribution in [3.8, 4) is 0 Å². The van der Waals surface area contributed by atoms with Crippen molar-refractivity contribution < 1.29 is 14.4 Å². The first-order chi connectivity index (χ1) is 11.6. The van der Waals surface area contributed by atoms with Crippen LogP contribution in [0, 0.1) is 10.1 Å². The van der Waals surface area contributed by atoms with Crippen molar-refractivity contribution in [1.82, 2.24) is 14.7 Å². The molecule has 3 rings (SSSR count). The van der Waals surface area contributed by atoms with E-state index in [1.165, 1.54) is 23.5 Å². The van der Waals surface area contributed by atoms with Crippen molar-refractivity contribution in [1.29, 1.82) is 0 Å². The zero-order valence-corrected chi connectivity index (χ0v) is 13.5. The van der Waals surface area contributed by atoms with Gasteiger partial charge < -0.3 is 9.52 Å². The third kappa shape index (κ3) is 4.01. The molecule has 2 aromatic heterocycles. The number of aliphatic hydroxyl groups excluding tert-OH is 1. The van der Waals surface area contributed by atoms with Crippen LogP contribution in [0.15, 0.2) is 35.2 Å². The first kappa shape index (κ1) is 16.7. The van der Waals surface area contributed by atoms with Crippen LogP contribution in [-0.2, 0) is 6.54 Å². The highest BCUT2D eigenvalue weighted by Gasteiger charge is 2.26. The second-order valence-corrected chi connectivity index (χ2v) is 6.21. The summed E-state index contributed by atoms with van der Waals surface area (Å²) in [7, 11) is 0. The summed E-state index contributed by atoms with van der Waals surface area (Å²) in [5.41, 5.74) is -0.0644. The minimum atomic E-state index is -0.653. The Morgan fingerprint density at radius 2 is 2.29 bits per heavy atom. The van der Waals surface area contributed by atoms with Crippen molar-refractivity contribution in [2.75, 3.05) is 13.1 Å². The molecule has 1 aliphatic heterocycles. The third-order valence-corrected chi connectivity index (χ3v) is 4.41. The fraction of sp³-hybridized carbons (Fsp3) is 0.562. The Bertz CT molecular complexity index is 655. The Kier molecular flexibility index (Phi) is 5.27. The van der Waals surface area contributed by atoms with Gasteiger partial charge in [0.25, 0.3) is 0 Å². The van der Waals surface area contributed by atoms with Crippen LogP contribution in [0.5, 0.6) is 0 Å². The molecular weight excluding hydrogens is 312 g/mol. The summed E-state index contributed by atoms with van der Waals surface area (Å²) in [6, 6.07) is 4.04. The number of aromatic nitrogens is 2. The molecule has 0 amide bonds. The fourth-order valence-electron chi connectivity index (χ4n) is 3.28. The molecule has 3 heterocycles. The van der Waals surface area contributed by atoms with Gasteiger partial charge in [0.2, 0.25) is 0 Å². The van der Waals surface area contributed by atoms with Crippen LogP contribution in [-0.4, -0.2) is 43.9 Å². The second kappa shape index (κ2) is 7.59. The van der Waals surface area contributed by atoms with E-state index in [0.717, 1.165) is 31.6 Å². The smallest absolute Gasteiger partial charge is 0.306 e. The Hall–Kier alpha value is -2.19. The second-order valence-electron chi connectivity index (χ2n) is 6.21. The SMILES string of the molecule is O=[N+]([O-])c1cnn(CC(O)CN2CCCCCC2c2ccco2)c1. The number of aliphatic hydroxyl groups is 1. The van der Waals surface area contributed by atoms with E-state index in [-0.39, 0.29) is 18.3 Å². The number of likely N-dealkylation sites (tertiary alicyclic amines) is 1. The molecule has 1 N–H and O–H groups in total. The maximum absolute atomic E-state index is 10.7. The molecule has 8 nitrogen and oxygen atoms in total. The number of β-amino-alcohol motifs (C(OH)–C–C–N with tert-alkyl or cyclic N) is 1. The topological polar surface area (TPSA) is 97.6 Å². The Morgan fingerprint density at radius 3 is 3.00 bits per heavy atom. The van der Waals surface area contributed by atoms with Crippen molar-refractivity contribution >= 4 is 5.69 Å². The lowest BCUT2D eigenvalue weighted by molar-refractivity contribution is -0.385. The first-order valence-corrected chi connectivity index (χ1v) is 8.26. The van der Waals surface area contributed by atoms with Crippen molar-refractivity contribution in [3.63, 3.8) is 0 Å². The molecule has 130 valence electrons. The number of furan rings is 1. The van der Waals surface area contributed by atoms with Gasteiger partial charge in [-0.2, -0.15) is 5.10 Å². The van der Waals surface area contributed by atoms with Crippen molar-refractivity contribution in [2.45, 2.75) is 44.4 Å². The van der Waals surface area contributed by atoms with Gasteiger partial charge in [-0.3, -0.25) is 19.7 Å². The van der Waals surface area contributed by atoms with Gasteiger partial charge >= 0.3 is 5.69 Å².